The molecule has 0 saturated heterocycles. The van der Waals surface area contributed by atoms with Crippen LogP contribution in [0.5, 0.6) is 17.2 Å². The Morgan fingerprint density at radius 3 is 2.47 bits per heavy atom. The van der Waals surface area contributed by atoms with Crippen LogP contribution < -0.4 is 9.47 Å². The van der Waals surface area contributed by atoms with Gasteiger partial charge in [0.25, 0.3) is 0 Å². The Labute approximate surface area is 178 Å². The van der Waals surface area contributed by atoms with Gasteiger partial charge in [-0.3, -0.25) is 4.79 Å². The third-order valence-corrected chi connectivity index (χ3v) is 4.94. The van der Waals surface area contributed by atoms with Crippen LogP contribution in [0.15, 0.2) is 71.1 Å². The Morgan fingerprint density at radius 1 is 0.967 bits per heavy atom. The zero-order valence-corrected chi connectivity index (χ0v) is 17.0. The molecule has 0 unspecified atom stereocenters. The Balaban J connectivity index is 1.51. The maximum Gasteiger partial charge on any atom is 0.194 e. The van der Waals surface area contributed by atoms with Gasteiger partial charge in [-0.25, -0.2) is 0 Å². The molecule has 0 aliphatic rings. The highest BCUT2D eigenvalue weighted by molar-refractivity contribution is 6.36. The molecule has 0 amide bonds. The predicted molar refractivity (Wildman–Crippen MR) is 114 cm³/mol. The predicted octanol–water partition coefficient (Wildman–Crippen LogP) is 6.15. The number of hydrogen-bond acceptors (Lipinski definition) is 5. The minimum atomic E-state index is -0.240. The van der Waals surface area contributed by atoms with Gasteiger partial charge in [0.05, 0.1) is 5.39 Å². The maximum absolute atomic E-state index is 11.6. The fourth-order valence-electron chi connectivity index (χ4n) is 3.04. The highest BCUT2D eigenvalue weighted by Gasteiger charge is 2.18. The fourth-order valence-corrected chi connectivity index (χ4v) is 3.23. The lowest BCUT2D eigenvalue weighted by Gasteiger charge is -2.11. The molecule has 0 atom stereocenters. The van der Waals surface area contributed by atoms with Gasteiger partial charge in [-0.05, 0) is 29.3 Å². The lowest BCUT2D eigenvalue weighted by atomic mass is 10.2. The van der Waals surface area contributed by atoms with Crippen LogP contribution in [0.25, 0.3) is 11.0 Å². The molecule has 0 aliphatic heterocycles. The third kappa shape index (κ3) is 4.26. The average Bonchev–Trinajstić information content (AvgIpc) is 3.21. The monoisotopic (exact) mass is 422 g/mol. The van der Waals surface area contributed by atoms with Gasteiger partial charge in [0.2, 0.25) is 0 Å². The summed E-state index contributed by atoms with van der Waals surface area (Å²) in [4.78, 5) is 11.6. The second-order valence-corrected chi connectivity index (χ2v) is 7.21. The summed E-state index contributed by atoms with van der Waals surface area (Å²) >= 11 is 6.11. The van der Waals surface area contributed by atoms with Crippen LogP contribution in [0.1, 0.15) is 28.6 Å². The molecule has 6 heteroatoms. The number of phenols is 1. The average molecular weight is 423 g/mol. The smallest absolute Gasteiger partial charge is 0.194 e. The molecule has 1 heterocycles. The number of benzene rings is 3. The van der Waals surface area contributed by atoms with E-state index in [1.54, 1.807) is 6.07 Å². The van der Waals surface area contributed by atoms with Crippen molar-refractivity contribution >= 4 is 28.4 Å². The summed E-state index contributed by atoms with van der Waals surface area (Å²) < 4.78 is 17.2. The van der Waals surface area contributed by atoms with E-state index in [4.69, 9.17) is 25.5 Å². The maximum atomic E-state index is 11.6. The van der Waals surface area contributed by atoms with Crippen molar-refractivity contribution in [2.45, 2.75) is 20.1 Å². The van der Waals surface area contributed by atoms with E-state index in [2.05, 4.69) is 0 Å². The van der Waals surface area contributed by atoms with Gasteiger partial charge in [0.15, 0.2) is 17.1 Å². The SMILES string of the molecule is CC(=O)c1cc2c(OCc3cccc(OCc4ccccc4)c3)cc(O)c(Cl)c2o1. The van der Waals surface area contributed by atoms with Crippen LogP contribution in [0, 0.1) is 0 Å². The largest absolute Gasteiger partial charge is 0.506 e. The number of carbonyl (C=O) groups is 1. The van der Waals surface area contributed by atoms with Crippen LogP contribution in [-0.2, 0) is 13.2 Å². The van der Waals surface area contributed by atoms with Gasteiger partial charge in [-0.2, -0.15) is 0 Å². The van der Waals surface area contributed by atoms with Crippen molar-refractivity contribution < 1.29 is 23.8 Å². The quantitative estimate of drug-likeness (QED) is 0.361. The lowest BCUT2D eigenvalue weighted by Crippen LogP contribution is -1.98. The molecule has 0 radical (unpaired) electrons. The summed E-state index contributed by atoms with van der Waals surface area (Å²) in [5, 5.41) is 10.7. The lowest BCUT2D eigenvalue weighted by molar-refractivity contribution is 0.0989. The second-order valence-electron chi connectivity index (χ2n) is 6.83. The fraction of sp³-hybridized carbons (Fsp3) is 0.125. The Kier molecular flexibility index (Phi) is 5.63. The van der Waals surface area contributed by atoms with E-state index in [9.17, 15) is 9.90 Å². The molecule has 3 aromatic carbocycles. The van der Waals surface area contributed by atoms with Crippen molar-refractivity contribution in [3.63, 3.8) is 0 Å². The summed E-state index contributed by atoms with van der Waals surface area (Å²) in [6, 6.07) is 20.5. The van der Waals surface area contributed by atoms with Crippen LogP contribution >= 0.6 is 11.6 Å². The van der Waals surface area contributed by atoms with E-state index in [0.29, 0.717) is 17.7 Å². The number of aromatic hydroxyl groups is 1. The number of Topliss-reactive ketones (excluding diaryl/α,β-unsaturated/α-hetero) is 1. The molecular formula is C24H19ClO5. The van der Waals surface area contributed by atoms with Gasteiger partial charge < -0.3 is 19.0 Å². The molecule has 5 nitrogen and oxygen atoms in total. The van der Waals surface area contributed by atoms with E-state index in [1.807, 2.05) is 54.6 Å². The topological polar surface area (TPSA) is 68.9 Å². The molecular weight excluding hydrogens is 404 g/mol. The summed E-state index contributed by atoms with van der Waals surface area (Å²) in [6.45, 7) is 2.10. The number of halogens is 1. The first kappa shape index (κ1) is 19.9. The summed E-state index contributed by atoms with van der Waals surface area (Å²) in [5.41, 5.74) is 2.19. The molecule has 1 N–H and O–H groups in total. The van der Waals surface area contributed by atoms with Crippen LogP contribution in [0.4, 0.5) is 0 Å². The minimum absolute atomic E-state index is 0.0427. The molecule has 0 saturated carbocycles. The molecule has 1 aromatic heterocycles. The van der Waals surface area contributed by atoms with Crippen molar-refractivity contribution in [3.05, 3.63) is 88.6 Å². The number of hydrogen-bond donors (Lipinski definition) is 1. The van der Waals surface area contributed by atoms with Gasteiger partial charge in [0.1, 0.15) is 35.5 Å². The molecule has 0 spiro atoms. The highest BCUT2D eigenvalue weighted by atomic mass is 35.5. The van der Waals surface area contributed by atoms with E-state index < -0.39 is 0 Å². The molecule has 0 bridgehead atoms. The molecule has 30 heavy (non-hydrogen) atoms. The first-order chi connectivity index (χ1) is 14.5. The van der Waals surface area contributed by atoms with E-state index in [-0.39, 0.29) is 34.5 Å². The Hall–Kier alpha value is -3.44. The number of carbonyl (C=O) groups excluding carboxylic acids is 1. The number of furan rings is 1. The zero-order chi connectivity index (χ0) is 21.1. The van der Waals surface area contributed by atoms with Gasteiger partial charge in [0, 0.05) is 13.0 Å². The second kappa shape index (κ2) is 8.51. The number of fused-ring (bicyclic) bond motifs is 1. The van der Waals surface area contributed by atoms with E-state index in [1.165, 1.54) is 13.0 Å². The number of ketones is 1. The number of ether oxygens (including phenoxy) is 2. The molecule has 0 fully saturated rings. The summed E-state index contributed by atoms with van der Waals surface area (Å²) in [6.07, 6.45) is 0. The van der Waals surface area contributed by atoms with Crippen molar-refractivity contribution in [2.24, 2.45) is 0 Å². The first-order valence-electron chi connectivity index (χ1n) is 9.35. The summed E-state index contributed by atoms with van der Waals surface area (Å²) in [7, 11) is 0. The van der Waals surface area contributed by atoms with Crippen LogP contribution in [-0.4, -0.2) is 10.9 Å². The minimum Gasteiger partial charge on any atom is -0.506 e. The Morgan fingerprint density at radius 2 is 1.70 bits per heavy atom. The molecule has 4 aromatic rings. The van der Waals surface area contributed by atoms with Gasteiger partial charge in [-0.15, -0.1) is 0 Å². The summed E-state index contributed by atoms with van der Waals surface area (Å²) in [5.74, 6) is 0.836. The van der Waals surface area contributed by atoms with E-state index >= 15 is 0 Å². The standard InChI is InChI=1S/C24H19ClO5/c1-15(26)21-11-19-22(12-20(27)23(25)24(19)30-21)29-14-17-8-5-9-18(10-17)28-13-16-6-3-2-4-7-16/h2-12,27H,13-14H2,1H3. The van der Waals surface area contributed by atoms with Crippen molar-refractivity contribution in [3.8, 4) is 17.2 Å². The van der Waals surface area contributed by atoms with Gasteiger partial charge in [-0.1, -0.05) is 54.1 Å². The van der Waals surface area contributed by atoms with Crippen molar-refractivity contribution in [1.29, 1.82) is 0 Å². The molecule has 0 aliphatic carbocycles. The van der Waals surface area contributed by atoms with Crippen LogP contribution in [0.2, 0.25) is 5.02 Å². The van der Waals surface area contributed by atoms with Crippen LogP contribution in [0.3, 0.4) is 0 Å². The Bertz CT molecular complexity index is 1200. The third-order valence-electron chi connectivity index (χ3n) is 4.58. The number of rotatable bonds is 7. The van der Waals surface area contributed by atoms with Crippen molar-refractivity contribution in [1.82, 2.24) is 0 Å². The first-order valence-corrected chi connectivity index (χ1v) is 9.73. The normalized spacial score (nSPS) is 10.9. The highest BCUT2D eigenvalue weighted by Crippen LogP contribution is 2.40. The van der Waals surface area contributed by atoms with Gasteiger partial charge >= 0.3 is 0 Å². The van der Waals surface area contributed by atoms with Crippen molar-refractivity contribution in [2.75, 3.05) is 0 Å². The number of phenolic OH excluding ortho intramolecular Hbond substituents is 1. The van der Waals surface area contributed by atoms with E-state index in [0.717, 1.165) is 16.9 Å². The molecule has 152 valence electrons. The zero-order valence-electron chi connectivity index (χ0n) is 16.2. The molecule has 4 rings (SSSR count).